The molecule has 0 aromatic carbocycles. The second-order valence-corrected chi connectivity index (χ2v) is 5.60. The van der Waals surface area contributed by atoms with Crippen molar-refractivity contribution in [2.24, 2.45) is 7.05 Å². The van der Waals surface area contributed by atoms with Crippen LogP contribution in [-0.2, 0) is 11.8 Å². The smallest absolute Gasteiger partial charge is 0.0887 e. The maximum absolute atomic E-state index is 6.01. The molecule has 1 aromatic heterocycles. The second kappa shape index (κ2) is 6.53. The van der Waals surface area contributed by atoms with Crippen molar-refractivity contribution in [1.29, 1.82) is 0 Å². The highest BCUT2D eigenvalue weighted by atomic mass is 16.5. The van der Waals surface area contributed by atoms with Gasteiger partial charge in [-0.15, -0.1) is 0 Å². The van der Waals surface area contributed by atoms with E-state index in [1.165, 1.54) is 25.0 Å². The van der Waals surface area contributed by atoms with Gasteiger partial charge in [0, 0.05) is 20.4 Å². The van der Waals surface area contributed by atoms with Crippen LogP contribution < -0.4 is 5.32 Å². The number of nitrogens with zero attached hydrogens (tertiary/aromatic N) is 2. The molecule has 1 saturated carbocycles. The Morgan fingerprint density at radius 2 is 2.16 bits per heavy atom. The van der Waals surface area contributed by atoms with E-state index in [-0.39, 0.29) is 11.6 Å². The van der Waals surface area contributed by atoms with Crippen LogP contribution in [0.4, 0.5) is 0 Å². The molecule has 19 heavy (non-hydrogen) atoms. The first-order valence-electron chi connectivity index (χ1n) is 7.50. The Hall–Kier alpha value is -0.870. The molecule has 4 heteroatoms. The molecule has 1 aromatic rings. The highest BCUT2D eigenvalue weighted by Gasteiger charge is 2.41. The van der Waals surface area contributed by atoms with Crippen LogP contribution in [0.5, 0.6) is 0 Å². The van der Waals surface area contributed by atoms with E-state index in [4.69, 9.17) is 4.74 Å². The first-order chi connectivity index (χ1) is 9.23. The Labute approximate surface area is 116 Å². The van der Waals surface area contributed by atoms with Crippen LogP contribution in [0.15, 0.2) is 12.3 Å². The van der Waals surface area contributed by atoms with Crippen molar-refractivity contribution in [3.63, 3.8) is 0 Å². The number of hydrogen-bond donors (Lipinski definition) is 1. The van der Waals surface area contributed by atoms with Crippen molar-refractivity contribution in [1.82, 2.24) is 15.1 Å². The topological polar surface area (TPSA) is 39.1 Å². The maximum Gasteiger partial charge on any atom is 0.0887 e. The van der Waals surface area contributed by atoms with Gasteiger partial charge in [-0.3, -0.25) is 4.68 Å². The molecule has 108 valence electrons. The summed E-state index contributed by atoms with van der Waals surface area (Å²) in [5.74, 6) is 0. The highest BCUT2D eigenvalue weighted by Crippen LogP contribution is 2.40. The van der Waals surface area contributed by atoms with Crippen LogP contribution in [0.1, 0.15) is 57.2 Å². The minimum absolute atomic E-state index is 0.0682. The molecule has 1 N–H and O–H groups in total. The summed E-state index contributed by atoms with van der Waals surface area (Å²) in [5, 5.41) is 8.02. The van der Waals surface area contributed by atoms with Gasteiger partial charge >= 0.3 is 0 Å². The molecule has 0 saturated heterocycles. The lowest BCUT2D eigenvalue weighted by atomic mass is 9.77. The third-order valence-electron chi connectivity index (χ3n) is 4.39. The number of hydrogen-bond acceptors (Lipinski definition) is 3. The predicted molar refractivity (Wildman–Crippen MR) is 77.1 cm³/mol. The molecule has 1 aliphatic rings. The Bertz CT molecular complexity index is 382. The lowest BCUT2D eigenvalue weighted by Crippen LogP contribution is -2.48. The number of nitrogens with one attached hydrogen (secondary N) is 1. The van der Waals surface area contributed by atoms with Gasteiger partial charge in [-0.2, -0.15) is 5.10 Å². The zero-order valence-electron chi connectivity index (χ0n) is 12.5. The standard InChI is InChI=1S/C15H27N3O/c1-4-11-16-14(13-8-12-17-18(13)2)15(19-3)9-6-5-7-10-15/h8,12,14,16H,4-7,9-11H2,1-3H3. The van der Waals surface area contributed by atoms with Crippen molar-refractivity contribution in [2.75, 3.05) is 13.7 Å². The zero-order valence-corrected chi connectivity index (χ0v) is 12.5. The zero-order chi connectivity index (χ0) is 13.7. The first kappa shape index (κ1) is 14.5. The lowest BCUT2D eigenvalue weighted by Gasteiger charge is -2.43. The molecule has 0 amide bonds. The summed E-state index contributed by atoms with van der Waals surface area (Å²) in [7, 11) is 3.88. The summed E-state index contributed by atoms with van der Waals surface area (Å²) in [6, 6.07) is 2.35. The molecule has 0 bridgehead atoms. The van der Waals surface area contributed by atoms with Crippen LogP contribution in [-0.4, -0.2) is 29.0 Å². The molecule has 1 atom stereocenters. The fourth-order valence-corrected chi connectivity index (χ4v) is 3.28. The number of ether oxygens (including phenoxy) is 1. The molecular weight excluding hydrogens is 238 g/mol. The third-order valence-corrected chi connectivity index (χ3v) is 4.39. The van der Waals surface area contributed by atoms with Gasteiger partial charge in [0.2, 0.25) is 0 Å². The van der Waals surface area contributed by atoms with E-state index in [9.17, 15) is 0 Å². The highest BCUT2D eigenvalue weighted by molar-refractivity contribution is 5.14. The molecule has 0 aliphatic heterocycles. The first-order valence-corrected chi connectivity index (χ1v) is 7.50. The van der Waals surface area contributed by atoms with Gasteiger partial charge in [-0.25, -0.2) is 0 Å². The van der Waals surface area contributed by atoms with E-state index in [1.807, 2.05) is 25.0 Å². The summed E-state index contributed by atoms with van der Waals surface area (Å²) in [6.45, 7) is 3.22. The lowest BCUT2D eigenvalue weighted by molar-refractivity contribution is -0.0704. The summed E-state index contributed by atoms with van der Waals surface area (Å²) in [5.41, 5.74) is 1.17. The van der Waals surface area contributed by atoms with Crippen molar-refractivity contribution in [3.8, 4) is 0 Å². The van der Waals surface area contributed by atoms with Gasteiger partial charge in [0.25, 0.3) is 0 Å². The summed E-state index contributed by atoms with van der Waals surface area (Å²) < 4.78 is 7.99. The van der Waals surface area contributed by atoms with E-state index >= 15 is 0 Å². The number of aromatic nitrogens is 2. The van der Waals surface area contributed by atoms with E-state index in [0.29, 0.717) is 0 Å². The Kier molecular flexibility index (Phi) is 4.99. The molecule has 1 heterocycles. The molecule has 1 aliphatic carbocycles. The van der Waals surface area contributed by atoms with Crippen LogP contribution in [0.25, 0.3) is 0 Å². The number of rotatable bonds is 6. The van der Waals surface area contributed by atoms with Crippen molar-refractivity contribution < 1.29 is 4.74 Å². The van der Waals surface area contributed by atoms with Gasteiger partial charge in [-0.1, -0.05) is 26.2 Å². The SMILES string of the molecule is CCCNC(c1ccnn1C)C1(OC)CCCCC1. The fourth-order valence-electron chi connectivity index (χ4n) is 3.28. The molecular formula is C15H27N3O. The Balaban J connectivity index is 2.27. The minimum Gasteiger partial charge on any atom is -0.376 e. The van der Waals surface area contributed by atoms with Crippen LogP contribution >= 0.6 is 0 Å². The average Bonchev–Trinajstić information content (AvgIpc) is 2.86. The molecule has 1 fully saturated rings. The fraction of sp³-hybridized carbons (Fsp3) is 0.800. The monoisotopic (exact) mass is 265 g/mol. The van der Waals surface area contributed by atoms with Crippen LogP contribution in [0.2, 0.25) is 0 Å². The molecule has 1 unspecified atom stereocenters. The normalized spacial score (nSPS) is 20.4. The predicted octanol–water partition coefficient (Wildman–Crippen LogP) is 2.81. The van der Waals surface area contributed by atoms with Crippen LogP contribution in [0.3, 0.4) is 0 Å². The van der Waals surface area contributed by atoms with Gasteiger partial charge in [0.05, 0.1) is 17.3 Å². The average molecular weight is 265 g/mol. The quantitative estimate of drug-likeness (QED) is 0.859. The van der Waals surface area contributed by atoms with Crippen molar-refractivity contribution >= 4 is 0 Å². The van der Waals surface area contributed by atoms with Gasteiger partial charge in [0.1, 0.15) is 0 Å². The van der Waals surface area contributed by atoms with Gasteiger partial charge in [0.15, 0.2) is 0 Å². The van der Waals surface area contributed by atoms with E-state index in [2.05, 4.69) is 23.4 Å². The van der Waals surface area contributed by atoms with Gasteiger partial charge < -0.3 is 10.1 Å². The summed E-state index contributed by atoms with van der Waals surface area (Å²) in [6.07, 6.45) is 9.13. The maximum atomic E-state index is 6.01. The Morgan fingerprint density at radius 1 is 1.42 bits per heavy atom. The summed E-state index contributed by atoms with van der Waals surface area (Å²) in [4.78, 5) is 0. The summed E-state index contributed by atoms with van der Waals surface area (Å²) >= 11 is 0. The largest absolute Gasteiger partial charge is 0.376 e. The van der Waals surface area contributed by atoms with Crippen molar-refractivity contribution in [2.45, 2.75) is 57.1 Å². The number of aryl methyl sites for hydroxylation is 1. The molecule has 0 radical (unpaired) electrons. The number of methoxy groups -OCH3 is 1. The second-order valence-electron chi connectivity index (χ2n) is 5.60. The van der Waals surface area contributed by atoms with Crippen LogP contribution in [0, 0.1) is 0 Å². The Morgan fingerprint density at radius 3 is 2.68 bits per heavy atom. The minimum atomic E-state index is -0.0682. The molecule has 2 rings (SSSR count). The van der Waals surface area contributed by atoms with E-state index in [0.717, 1.165) is 25.8 Å². The van der Waals surface area contributed by atoms with Gasteiger partial charge in [-0.05, 0) is 31.9 Å². The molecule has 0 spiro atoms. The van der Waals surface area contributed by atoms with E-state index in [1.54, 1.807) is 0 Å². The van der Waals surface area contributed by atoms with Crippen molar-refractivity contribution in [3.05, 3.63) is 18.0 Å². The van der Waals surface area contributed by atoms with E-state index < -0.39 is 0 Å². The third kappa shape index (κ3) is 3.00. The molecule has 4 nitrogen and oxygen atoms in total.